The van der Waals surface area contributed by atoms with E-state index < -0.39 is 0 Å². The summed E-state index contributed by atoms with van der Waals surface area (Å²) in [4.78, 5) is 15.0. The SMILES string of the molecule is O=C(NCc1cc(Cl)c2c(c1)OCCCO2)c1ccc[nH]c1=S. The van der Waals surface area contributed by atoms with Gasteiger partial charge in [-0.1, -0.05) is 23.8 Å². The lowest BCUT2D eigenvalue weighted by molar-refractivity contribution is 0.0950. The molecule has 0 saturated carbocycles. The van der Waals surface area contributed by atoms with Crippen LogP contribution < -0.4 is 14.8 Å². The van der Waals surface area contributed by atoms with Gasteiger partial charge < -0.3 is 19.8 Å². The van der Waals surface area contributed by atoms with E-state index in [1.54, 1.807) is 24.4 Å². The van der Waals surface area contributed by atoms with Gasteiger partial charge in [-0.25, -0.2) is 0 Å². The van der Waals surface area contributed by atoms with Crippen LogP contribution in [0.25, 0.3) is 0 Å². The second-order valence-corrected chi connectivity index (χ2v) is 5.87. The van der Waals surface area contributed by atoms with Gasteiger partial charge in [0.1, 0.15) is 4.64 Å². The number of halogens is 1. The predicted molar refractivity (Wildman–Crippen MR) is 89.9 cm³/mol. The number of rotatable bonds is 3. The molecule has 1 aliphatic heterocycles. The molecule has 0 bridgehead atoms. The number of hydrogen-bond donors (Lipinski definition) is 2. The van der Waals surface area contributed by atoms with Gasteiger partial charge in [-0.3, -0.25) is 4.79 Å². The molecule has 0 saturated heterocycles. The van der Waals surface area contributed by atoms with Crippen molar-refractivity contribution < 1.29 is 14.3 Å². The van der Waals surface area contributed by atoms with Gasteiger partial charge in [0.2, 0.25) is 0 Å². The van der Waals surface area contributed by atoms with Crippen molar-refractivity contribution in [3.8, 4) is 11.5 Å². The standard InChI is InChI=1S/C16H15ClN2O3S/c17-12-7-10(8-13-14(12)22-6-2-5-21-13)9-19-15(20)11-3-1-4-18-16(11)23/h1,3-4,7-8H,2,5-6,9H2,(H,18,23)(H,19,20). The third-order valence-electron chi connectivity index (χ3n) is 3.38. The van der Waals surface area contributed by atoms with Gasteiger partial charge in [0.25, 0.3) is 5.91 Å². The molecule has 2 N–H and O–H groups in total. The van der Waals surface area contributed by atoms with E-state index in [0.29, 0.717) is 46.5 Å². The molecule has 0 spiro atoms. The zero-order valence-electron chi connectivity index (χ0n) is 12.2. The maximum absolute atomic E-state index is 12.2. The minimum atomic E-state index is -0.241. The fourth-order valence-corrected chi connectivity index (χ4v) is 2.78. The van der Waals surface area contributed by atoms with Crippen LogP contribution >= 0.6 is 23.8 Å². The number of aromatic nitrogens is 1. The van der Waals surface area contributed by atoms with Gasteiger partial charge in [-0.05, 0) is 29.8 Å². The quantitative estimate of drug-likeness (QED) is 0.832. The summed E-state index contributed by atoms with van der Waals surface area (Å²) in [5.41, 5.74) is 1.27. The molecule has 1 aromatic heterocycles. The topological polar surface area (TPSA) is 63.4 Å². The van der Waals surface area contributed by atoms with Gasteiger partial charge in [0.15, 0.2) is 11.5 Å². The third-order valence-corrected chi connectivity index (χ3v) is 4.00. The van der Waals surface area contributed by atoms with Crippen LogP contribution in [0.5, 0.6) is 11.5 Å². The van der Waals surface area contributed by atoms with E-state index in [1.807, 2.05) is 6.07 Å². The van der Waals surface area contributed by atoms with Crippen molar-refractivity contribution in [2.45, 2.75) is 13.0 Å². The molecule has 1 aromatic carbocycles. The molecule has 0 radical (unpaired) electrons. The van der Waals surface area contributed by atoms with Gasteiger partial charge in [-0.15, -0.1) is 0 Å². The Hall–Kier alpha value is -2.05. The predicted octanol–water partition coefficient (Wildman–Crippen LogP) is 3.49. The summed E-state index contributed by atoms with van der Waals surface area (Å²) in [6, 6.07) is 7.00. The number of H-pyrrole nitrogens is 1. The van der Waals surface area contributed by atoms with Crippen LogP contribution in [0.2, 0.25) is 5.02 Å². The lowest BCUT2D eigenvalue weighted by Crippen LogP contribution is -2.23. The Morgan fingerprint density at radius 3 is 3.00 bits per heavy atom. The number of benzene rings is 1. The minimum absolute atomic E-state index is 0.241. The van der Waals surface area contributed by atoms with Gasteiger partial charge in [0, 0.05) is 19.2 Å². The van der Waals surface area contributed by atoms with E-state index in [9.17, 15) is 4.79 Å². The molecular formula is C16H15ClN2O3S. The fraction of sp³-hybridized carbons (Fsp3) is 0.250. The molecule has 120 valence electrons. The molecule has 0 aliphatic carbocycles. The Kier molecular flexibility index (Phi) is 4.83. The van der Waals surface area contributed by atoms with Gasteiger partial charge >= 0.3 is 0 Å². The lowest BCUT2D eigenvalue weighted by Gasteiger charge is -2.12. The number of hydrogen-bond acceptors (Lipinski definition) is 4. The van der Waals surface area contributed by atoms with Crippen molar-refractivity contribution in [3.05, 3.63) is 51.3 Å². The van der Waals surface area contributed by atoms with E-state index in [2.05, 4.69) is 10.3 Å². The highest BCUT2D eigenvalue weighted by molar-refractivity contribution is 7.71. The maximum Gasteiger partial charge on any atom is 0.254 e. The smallest absolute Gasteiger partial charge is 0.254 e. The van der Waals surface area contributed by atoms with Crippen LogP contribution in [0.1, 0.15) is 22.3 Å². The first-order valence-electron chi connectivity index (χ1n) is 7.19. The molecule has 2 heterocycles. The molecule has 1 amide bonds. The molecule has 1 aliphatic rings. The zero-order chi connectivity index (χ0) is 16.2. The number of carbonyl (C=O) groups is 1. The number of pyridine rings is 1. The average Bonchev–Trinajstić information content (AvgIpc) is 2.79. The molecule has 3 rings (SSSR count). The van der Waals surface area contributed by atoms with Crippen molar-refractivity contribution in [1.82, 2.24) is 10.3 Å². The molecule has 0 atom stereocenters. The average molecular weight is 351 g/mol. The molecule has 2 aromatic rings. The Bertz CT molecular complexity index is 791. The fourth-order valence-electron chi connectivity index (χ4n) is 2.26. The molecule has 0 fully saturated rings. The Morgan fingerprint density at radius 2 is 2.17 bits per heavy atom. The molecule has 7 heteroatoms. The Morgan fingerprint density at radius 1 is 1.35 bits per heavy atom. The van der Waals surface area contributed by atoms with E-state index in [-0.39, 0.29) is 5.91 Å². The maximum atomic E-state index is 12.2. The number of carbonyl (C=O) groups excluding carboxylic acids is 1. The van der Waals surface area contributed by atoms with Crippen molar-refractivity contribution in [3.63, 3.8) is 0 Å². The first-order chi connectivity index (χ1) is 11.1. The number of fused-ring (bicyclic) bond motifs is 1. The van der Waals surface area contributed by atoms with Crippen molar-refractivity contribution >= 4 is 29.7 Å². The molecular weight excluding hydrogens is 336 g/mol. The summed E-state index contributed by atoms with van der Waals surface area (Å²) in [6.07, 6.45) is 2.49. The van der Waals surface area contributed by atoms with Crippen LogP contribution in [-0.2, 0) is 6.54 Å². The largest absolute Gasteiger partial charge is 0.489 e. The van der Waals surface area contributed by atoms with Crippen LogP contribution in [0.3, 0.4) is 0 Å². The second kappa shape index (κ2) is 7.02. The Labute approximate surface area is 143 Å². The zero-order valence-corrected chi connectivity index (χ0v) is 13.8. The minimum Gasteiger partial charge on any atom is -0.489 e. The summed E-state index contributed by atoms with van der Waals surface area (Å²) < 4.78 is 11.6. The highest BCUT2D eigenvalue weighted by atomic mass is 35.5. The van der Waals surface area contributed by atoms with Crippen LogP contribution in [0.15, 0.2) is 30.5 Å². The monoisotopic (exact) mass is 350 g/mol. The third kappa shape index (κ3) is 3.65. The van der Waals surface area contributed by atoms with E-state index in [1.165, 1.54) is 0 Å². The van der Waals surface area contributed by atoms with Gasteiger partial charge in [-0.2, -0.15) is 0 Å². The molecule has 23 heavy (non-hydrogen) atoms. The highest BCUT2D eigenvalue weighted by Crippen LogP contribution is 2.37. The summed E-state index contributed by atoms with van der Waals surface area (Å²) in [6.45, 7) is 1.48. The highest BCUT2D eigenvalue weighted by Gasteiger charge is 2.16. The second-order valence-electron chi connectivity index (χ2n) is 5.05. The van der Waals surface area contributed by atoms with Gasteiger partial charge in [0.05, 0.1) is 23.8 Å². The summed E-state index contributed by atoms with van der Waals surface area (Å²) in [5, 5.41) is 3.30. The molecule has 5 nitrogen and oxygen atoms in total. The molecule has 0 unspecified atom stereocenters. The summed E-state index contributed by atoms with van der Waals surface area (Å²) in [7, 11) is 0. The van der Waals surface area contributed by atoms with E-state index in [4.69, 9.17) is 33.3 Å². The summed E-state index contributed by atoms with van der Waals surface area (Å²) >= 11 is 11.3. The first kappa shape index (κ1) is 15.8. The number of ether oxygens (including phenoxy) is 2. The van der Waals surface area contributed by atoms with E-state index >= 15 is 0 Å². The lowest BCUT2D eigenvalue weighted by atomic mass is 10.2. The van der Waals surface area contributed by atoms with E-state index in [0.717, 1.165) is 12.0 Å². The number of amides is 1. The van der Waals surface area contributed by atoms with Crippen molar-refractivity contribution in [1.29, 1.82) is 0 Å². The van der Waals surface area contributed by atoms with Crippen LogP contribution in [0, 0.1) is 4.64 Å². The van der Waals surface area contributed by atoms with Crippen LogP contribution in [-0.4, -0.2) is 24.1 Å². The van der Waals surface area contributed by atoms with Crippen molar-refractivity contribution in [2.75, 3.05) is 13.2 Å². The van der Waals surface area contributed by atoms with Crippen molar-refractivity contribution in [2.24, 2.45) is 0 Å². The summed E-state index contributed by atoms with van der Waals surface area (Å²) in [5.74, 6) is 0.927. The van der Waals surface area contributed by atoms with Crippen LogP contribution in [0.4, 0.5) is 0 Å². The first-order valence-corrected chi connectivity index (χ1v) is 7.97. The number of aromatic amines is 1. The Balaban J connectivity index is 1.75. The number of nitrogens with one attached hydrogen (secondary N) is 2. The normalized spacial score (nSPS) is 13.3.